The maximum absolute atomic E-state index is 11.5. The third-order valence-electron chi connectivity index (χ3n) is 2.10. The minimum atomic E-state index is -0.582. The molecule has 2 N–H and O–H groups in total. The third-order valence-corrected chi connectivity index (χ3v) is 2.10. The molecule has 0 atom stereocenters. The molecule has 0 aliphatic rings. The van der Waals surface area contributed by atoms with Gasteiger partial charge in [0, 0.05) is 11.8 Å². The molecule has 1 heterocycles. The van der Waals surface area contributed by atoms with Crippen LogP contribution in [0.5, 0.6) is 0 Å². The molecular weight excluding hydrogens is 262 g/mol. The van der Waals surface area contributed by atoms with Gasteiger partial charge >= 0.3 is 12.0 Å². The average molecular weight is 277 g/mol. The van der Waals surface area contributed by atoms with Crippen molar-refractivity contribution in [2.45, 2.75) is 6.92 Å². The van der Waals surface area contributed by atoms with Crippen LogP contribution in [0.25, 0.3) is 0 Å². The minimum absolute atomic E-state index is 0.0180. The first-order chi connectivity index (χ1) is 9.50. The zero-order chi connectivity index (χ0) is 15.0. The fourth-order valence-electron chi connectivity index (χ4n) is 1.15. The molecule has 0 aliphatic carbocycles. The Hall–Kier alpha value is -2.70. The molecule has 0 saturated heterocycles. The van der Waals surface area contributed by atoms with Gasteiger partial charge in [-0.15, -0.1) is 0 Å². The van der Waals surface area contributed by atoms with Gasteiger partial charge in [-0.25, -0.2) is 14.6 Å². The van der Waals surface area contributed by atoms with E-state index < -0.39 is 17.6 Å². The summed E-state index contributed by atoms with van der Waals surface area (Å²) in [5.74, 6) is -0.520. The van der Waals surface area contributed by atoms with Crippen LogP contribution in [0.2, 0.25) is 0 Å². The van der Waals surface area contributed by atoms with Crippen LogP contribution in [0.4, 0.5) is 10.5 Å². The molecule has 0 bridgehead atoms. The molecule has 0 fully saturated rings. The summed E-state index contributed by atoms with van der Waals surface area (Å²) in [5.41, 5.74) is -0.196. The van der Waals surface area contributed by atoms with Gasteiger partial charge in [-0.05, 0) is 19.1 Å². The Morgan fingerprint density at radius 1 is 1.40 bits per heavy atom. The van der Waals surface area contributed by atoms with Crippen molar-refractivity contribution < 1.29 is 14.3 Å². The summed E-state index contributed by atoms with van der Waals surface area (Å²) in [6, 6.07) is 4.01. The van der Waals surface area contributed by atoms with Crippen molar-refractivity contribution in [3.05, 3.63) is 46.9 Å². The van der Waals surface area contributed by atoms with E-state index in [9.17, 15) is 14.4 Å². The fourth-order valence-corrected chi connectivity index (χ4v) is 1.15. The molecule has 7 heteroatoms. The van der Waals surface area contributed by atoms with Gasteiger partial charge in [-0.3, -0.25) is 4.79 Å². The van der Waals surface area contributed by atoms with Crippen molar-refractivity contribution in [1.29, 1.82) is 0 Å². The van der Waals surface area contributed by atoms with Crippen LogP contribution >= 0.6 is 0 Å². The second-order valence-electron chi connectivity index (χ2n) is 3.85. The lowest BCUT2D eigenvalue weighted by Gasteiger charge is -2.07. The number of aromatic nitrogens is 1. The van der Waals surface area contributed by atoms with Crippen molar-refractivity contribution in [2.24, 2.45) is 0 Å². The number of amides is 2. The van der Waals surface area contributed by atoms with Crippen LogP contribution in [0, 0.1) is 0 Å². The Kier molecular flexibility index (Phi) is 5.89. The Labute approximate surface area is 115 Å². The Bertz CT molecular complexity index is 572. The fraction of sp³-hybridized carbons (Fsp3) is 0.231. The lowest BCUT2D eigenvalue weighted by Crippen LogP contribution is -2.33. The predicted molar refractivity (Wildman–Crippen MR) is 73.3 cm³/mol. The van der Waals surface area contributed by atoms with Gasteiger partial charge in [-0.2, -0.15) is 0 Å². The first-order valence-electron chi connectivity index (χ1n) is 5.83. The van der Waals surface area contributed by atoms with E-state index in [1.54, 1.807) is 12.1 Å². The summed E-state index contributed by atoms with van der Waals surface area (Å²) in [4.78, 5) is 37.5. The SMILES string of the molecule is C=C(C)C(=O)OCCNC(=O)Nc1ccccnc1=O. The van der Waals surface area contributed by atoms with Crippen molar-refractivity contribution in [2.75, 3.05) is 18.5 Å². The minimum Gasteiger partial charge on any atom is -0.460 e. The van der Waals surface area contributed by atoms with Gasteiger partial charge in [0.2, 0.25) is 0 Å². The molecule has 0 saturated carbocycles. The van der Waals surface area contributed by atoms with Crippen LogP contribution in [0.1, 0.15) is 6.92 Å². The quantitative estimate of drug-likeness (QED) is 0.468. The van der Waals surface area contributed by atoms with Crippen molar-refractivity contribution in [1.82, 2.24) is 10.3 Å². The number of nitrogens with zero attached hydrogens (tertiary/aromatic N) is 1. The van der Waals surface area contributed by atoms with Gasteiger partial charge in [0.05, 0.1) is 6.54 Å². The highest BCUT2D eigenvalue weighted by Gasteiger charge is 2.05. The summed E-state index contributed by atoms with van der Waals surface area (Å²) in [6.45, 7) is 5.09. The molecule has 0 spiro atoms. The predicted octanol–water partition coefficient (Wildman–Crippen LogP) is 0.683. The van der Waals surface area contributed by atoms with E-state index in [2.05, 4.69) is 22.2 Å². The second kappa shape index (κ2) is 7.67. The van der Waals surface area contributed by atoms with Crippen LogP contribution in [-0.2, 0) is 9.53 Å². The summed E-state index contributed by atoms with van der Waals surface area (Å²) in [6.07, 6.45) is 1.34. The van der Waals surface area contributed by atoms with Gasteiger partial charge in [0.15, 0.2) is 0 Å². The van der Waals surface area contributed by atoms with Gasteiger partial charge in [-0.1, -0.05) is 12.6 Å². The molecule has 106 valence electrons. The largest absolute Gasteiger partial charge is 0.460 e. The molecule has 0 unspecified atom stereocenters. The standard InChI is InChI=1S/C13H15N3O4/c1-9(2)12(18)20-8-7-15-13(19)16-10-5-3-4-6-14-11(10)17/h3-6H,1,7-8H2,2H3,(H2,14,15,16,17,19). The topological polar surface area (TPSA) is 97.4 Å². The smallest absolute Gasteiger partial charge is 0.333 e. The normalized spacial score (nSPS) is 9.45. The molecule has 0 aliphatic heterocycles. The molecule has 0 radical (unpaired) electrons. The molecule has 7 nitrogen and oxygen atoms in total. The maximum Gasteiger partial charge on any atom is 0.333 e. The number of ether oxygens (including phenoxy) is 1. The van der Waals surface area contributed by atoms with Gasteiger partial charge in [0.25, 0.3) is 5.56 Å². The number of rotatable bonds is 5. The molecule has 1 rings (SSSR count). The molecule has 2 amide bonds. The summed E-state index contributed by atoms with van der Waals surface area (Å²) < 4.78 is 4.79. The Morgan fingerprint density at radius 2 is 2.15 bits per heavy atom. The van der Waals surface area contributed by atoms with Crippen molar-refractivity contribution >= 4 is 17.7 Å². The van der Waals surface area contributed by atoms with E-state index in [-0.39, 0.29) is 24.4 Å². The number of hydrogen-bond acceptors (Lipinski definition) is 5. The second-order valence-corrected chi connectivity index (χ2v) is 3.85. The van der Waals surface area contributed by atoms with E-state index in [0.29, 0.717) is 0 Å². The number of nitrogens with one attached hydrogen (secondary N) is 2. The number of esters is 1. The molecule has 1 aromatic heterocycles. The Morgan fingerprint density at radius 3 is 2.85 bits per heavy atom. The number of carbonyl (C=O) groups is 2. The van der Waals surface area contributed by atoms with E-state index in [1.165, 1.54) is 19.2 Å². The Balaban J connectivity index is 2.38. The van der Waals surface area contributed by atoms with E-state index >= 15 is 0 Å². The number of anilines is 1. The first kappa shape index (κ1) is 15.4. The van der Waals surface area contributed by atoms with Crippen LogP contribution in [0.3, 0.4) is 0 Å². The highest BCUT2D eigenvalue weighted by Crippen LogP contribution is 1.95. The lowest BCUT2D eigenvalue weighted by molar-refractivity contribution is -0.138. The van der Waals surface area contributed by atoms with Crippen LogP contribution in [-0.4, -0.2) is 30.1 Å². The number of hydrogen-bond donors (Lipinski definition) is 2. The average Bonchev–Trinajstić information content (AvgIpc) is 2.60. The number of urea groups is 1. The van der Waals surface area contributed by atoms with Gasteiger partial charge in [0.1, 0.15) is 12.3 Å². The lowest BCUT2D eigenvalue weighted by atomic mass is 10.4. The highest BCUT2D eigenvalue weighted by molar-refractivity contribution is 5.89. The summed E-state index contributed by atoms with van der Waals surface area (Å²) >= 11 is 0. The third kappa shape index (κ3) is 5.30. The molecular formula is C13H15N3O4. The van der Waals surface area contributed by atoms with Crippen LogP contribution < -0.4 is 16.2 Å². The highest BCUT2D eigenvalue weighted by atomic mass is 16.5. The van der Waals surface area contributed by atoms with E-state index in [4.69, 9.17) is 4.74 Å². The van der Waals surface area contributed by atoms with E-state index in [1.807, 2.05) is 0 Å². The summed E-state index contributed by atoms with van der Waals surface area (Å²) in [7, 11) is 0. The first-order valence-corrected chi connectivity index (χ1v) is 5.83. The zero-order valence-corrected chi connectivity index (χ0v) is 11.0. The summed E-state index contributed by atoms with van der Waals surface area (Å²) in [5, 5.41) is 4.80. The zero-order valence-electron chi connectivity index (χ0n) is 11.0. The molecule has 1 aromatic rings. The monoisotopic (exact) mass is 277 g/mol. The van der Waals surface area contributed by atoms with Crippen molar-refractivity contribution in [3.63, 3.8) is 0 Å². The van der Waals surface area contributed by atoms with Crippen molar-refractivity contribution in [3.8, 4) is 0 Å². The number of carbonyl (C=O) groups excluding carboxylic acids is 2. The van der Waals surface area contributed by atoms with Crippen LogP contribution in [0.15, 0.2) is 41.3 Å². The van der Waals surface area contributed by atoms with E-state index in [0.717, 1.165) is 0 Å². The van der Waals surface area contributed by atoms with Gasteiger partial charge < -0.3 is 15.4 Å². The molecule has 20 heavy (non-hydrogen) atoms. The molecule has 0 aromatic carbocycles. The maximum atomic E-state index is 11.5.